The molecule has 3 aromatic rings. The standard InChI is InChI=1S/C24H28ClN3O4/c1-5-30-19-14-17(15-20(31-6-2)22(19)32-7-3)24(29)27-21(23-26-12-13-28(23)4)16-8-10-18(25)11-9-16/h8-15,21H,5-7H2,1-4H3,(H,27,29)/t21-/m1/s1. The van der Waals surface area contributed by atoms with E-state index in [-0.39, 0.29) is 5.91 Å². The van der Waals surface area contributed by atoms with Gasteiger partial charge in [0.2, 0.25) is 5.75 Å². The lowest BCUT2D eigenvalue weighted by molar-refractivity contribution is 0.0940. The molecule has 7 nitrogen and oxygen atoms in total. The largest absolute Gasteiger partial charge is 0.490 e. The van der Waals surface area contributed by atoms with Crippen molar-refractivity contribution in [3.8, 4) is 17.2 Å². The van der Waals surface area contributed by atoms with Crippen LogP contribution in [0, 0.1) is 0 Å². The third-order valence-electron chi connectivity index (χ3n) is 4.77. The Hall–Kier alpha value is -3.19. The van der Waals surface area contributed by atoms with Gasteiger partial charge in [0.25, 0.3) is 5.91 Å². The second-order valence-corrected chi connectivity index (χ2v) is 7.39. The van der Waals surface area contributed by atoms with Crippen LogP contribution in [-0.2, 0) is 7.05 Å². The number of nitrogens with one attached hydrogen (secondary N) is 1. The number of aryl methyl sites for hydroxylation is 1. The second-order valence-electron chi connectivity index (χ2n) is 6.96. The van der Waals surface area contributed by atoms with E-state index in [4.69, 9.17) is 25.8 Å². The molecular weight excluding hydrogens is 430 g/mol. The number of imidazole rings is 1. The molecule has 0 fully saturated rings. The van der Waals surface area contributed by atoms with Crippen molar-refractivity contribution >= 4 is 17.5 Å². The molecule has 0 spiro atoms. The summed E-state index contributed by atoms with van der Waals surface area (Å²) in [6, 6.07) is 10.2. The number of amides is 1. The zero-order chi connectivity index (χ0) is 23.1. The average molecular weight is 458 g/mol. The molecule has 1 heterocycles. The van der Waals surface area contributed by atoms with Crippen LogP contribution in [0.15, 0.2) is 48.8 Å². The van der Waals surface area contributed by atoms with Crippen LogP contribution in [0.5, 0.6) is 17.2 Å². The van der Waals surface area contributed by atoms with Crippen LogP contribution in [-0.4, -0.2) is 35.3 Å². The number of halogens is 1. The van der Waals surface area contributed by atoms with Crippen LogP contribution in [0.25, 0.3) is 0 Å². The maximum atomic E-state index is 13.4. The lowest BCUT2D eigenvalue weighted by atomic mass is 10.0. The van der Waals surface area contributed by atoms with E-state index in [1.807, 2.05) is 50.7 Å². The van der Waals surface area contributed by atoms with Gasteiger partial charge in [-0.1, -0.05) is 23.7 Å². The summed E-state index contributed by atoms with van der Waals surface area (Å²) >= 11 is 6.06. The molecule has 1 amide bonds. The van der Waals surface area contributed by atoms with E-state index in [1.54, 1.807) is 30.5 Å². The van der Waals surface area contributed by atoms with Gasteiger partial charge in [0, 0.05) is 30.0 Å². The fourth-order valence-electron chi connectivity index (χ4n) is 3.34. The fourth-order valence-corrected chi connectivity index (χ4v) is 3.47. The van der Waals surface area contributed by atoms with Crippen molar-refractivity contribution in [2.45, 2.75) is 26.8 Å². The van der Waals surface area contributed by atoms with E-state index in [0.29, 0.717) is 53.5 Å². The van der Waals surface area contributed by atoms with Crippen LogP contribution >= 0.6 is 11.6 Å². The molecule has 0 aliphatic heterocycles. The summed E-state index contributed by atoms with van der Waals surface area (Å²) in [5, 5.41) is 3.70. The summed E-state index contributed by atoms with van der Waals surface area (Å²) in [5.41, 5.74) is 1.26. The number of benzene rings is 2. The minimum atomic E-state index is -0.475. The number of hydrogen-bond donors (Lipinski definition) is 1. The van der Waals surface area contributed by atoms with Gasteiger partial charge in [-0.3, -0.25) is 4.79 Å². The highest BCUT2D eigenvalue weighted by atomic mass is 35.5. The number of nitrogens with zero attached hydrogens (tertiary/aromatic N) is 2. The van der Waals surface area contributed by atoms with Crippen molar-refractivity contribution in [2.24, 2.45) is 7.05 Å². The smallest absolute Gasteiger partial charge is 0.252 e. The van der Waals surface area contributed by atoms with Gasteiger partial charge in [-0.2, -0.15) is 0 Å². The van der Waals surface area contributed by atoms with Gasteiger partial charge in [-0.25, -0.2) is 4.98 Å². The van der Waals surface area contributed by atoms with Gasteiger partial charge < -0.3 is 24.1 Å². The minimum Gasteiger partial charge on any atom is -0.490 e. The first-order valence-corrected chi connectivity index (χ1v) is 11.0. The van der Waals surface area contributed by atoms with Gasteiger partial charge in [0.1, 0.15) is 11.9 Å². The predicted molar refractivity (Wildman–Crippen MR) is 124 cm³/mol. The first kappa shape index (κ1) is 23.5. The molecule has 0 saturated heterocycles. The molecule has 0 aliphatic rings. The molecule has 8 heteroatoms. The number of ether oxygens (including phenoxy) is 3. The summed E-state index contributed by atoms with van der Waals surface area (Å²) in [5.74, 6) is 1.82. The molecule has 1 atom stereocenters. The van der Waals surface area contributed by atoms with Crippen molar-refractivity contribution in [3.05, 3.63) is 70.8 Å². The zero-order valence-electron chi connectivity index (χ0n) is 18.7. The van der Waals surface area contributed by atoms with Gasteiger partial charge in [-0.05, 0) is 50.6 Å². The minimum absolute atomic E-state index is 0.294. The summed E-state index contributed by atoms with van der Waals surface area (Å²) in [4.78, 5) is 17.8. The summed E-state index contributed by atoms with van der Waals surface area (Å²) in [7, 11) is 1.88. The fraction of sp³-hybridized carbons (Fsp3) is 0.333. The van der Waals surface area contributed by atoms with Crippen molar-refractivity contribution < 1.29 is 19.0 Å². The Morgan fingerprint density at radius 1 is 1.03 bits per heavy atom. The molecule has 2 aromatic carbocycles. The van der Waals surface area contributed by atoms with E-state index >= 15 is 0 Å². The van der Waals surface area contributed by atoms with Crippen LogP contribution in [0.3, 0.4) is 0 Å². The molecule has 1 N–H and O–H groups in total. The summed E-state index contributed by atoms with van der Waals surface area (Å²) < 4.78 is 19.1. The Balaban J connectivity index is 2.00. The molecule has 1 aromatic heterocycles. The number of rotatable bonds is 10. The highest BCUT2D eigenvalue weighted by molar-refractivity contribution is 6.30. The van der Waals surface area contributed by atoms with Crippen molar-refractivity contribution in [3.63, 3.8) is 0 Å². The first-order chi connectivity index (χ1) is 15.5. The number of carbonyl (C=O) groups excluding carboxylic acids is 1. The monoisotopic (exact) mass is 457 g/mol. The van der Waals surface area contributed by atoms with E-state index in [0.717, 1.165) is 5.56 Å². The molecule has 0 radical (unpaired) electrons. The van der Waals surface area contributed by atoms with Crippen LogP contribution in [0.4, 0.5) is 0 Å². The number of aromatic nitrogens is 2. The zero-order valence-corrected chi connectivity index (χ0v) is 19.5. The maximum Gasteiger partial charge on any atom is 0.252 e. The predicted octanol–water partition coefficient (Wildman–Crippen LogP) is 4.79. The van der Waals surface area contributed by atoms with Gasteiger partial charge in [-0.15, -0.1) is 0 Å². The van der Waals surface area contributed by atoms with E-state index in [9.17, 15) is 4.79 Å². The van der Waals surface area contributed by atoms with Crippen LogP contribution < -0.4 is 19.5 Å². The van der Waals surface area contributed by atoms with Gasteiger partial charge >= 0.3 is 0 Å². The molecule has 170 valence electrons. The molecule has 0 saturated carbocycles. The Kier molecular flexibility index (Phi) is 8.00. The normalized spacial score (nSPS) is 11.7. The first-order valence-electron chi connectivity index (χ1n) is 10.6. The van der Waals surface area contributed by atoms with Gasteiger partial charge in [0.05, 0.1) is 19.8 Å². The average Bonchev–Trinajstić information content (AvgIpc) is 3.20. The maximum absolute atomic E-state index is 13.4. The summed E-state index contributed by atoms with van der Waals surface area (Å²) in [6.45, 7) is 6.94. The van der Waals surface area contributed by atoms with Crippen molar-refractivity contribution in [1.29, 1.82) is 0 Å². The highest BCUT2D eigenvalue weighted by Gasteiger charge is 2.24. The molecular formula is C24H28ClN3O4. The number of hydrogen-bond acceptors (Lipinski definition) is 5. The summed E-state index contributed by atoms with van der Waals surface area (Å²) in [6.07, 6.45) is 3.53. The highest BCUT2D eigenvalue weighted by Crippen LogP contribution is 2.39. The van der Waals surface area contributed by atoms with Crippen molar-refractivity contribution in [1.82, 2.24) is 14.9 Å². The quantitative estimate of drug-likeness (QED) is 0.473. The lowest BCUT2D eigenvalue weighted by Gasteiger charge is -2.21. The molecule has 0 unspecified atom stereocenters. The van der Waals surface area contributed by atoms with E-state index in [2.05, 4.69) is 10.3 Å². The Bertz CT molecular complexity index is 1020. The molecule has 0 bridgehead atoms. The third-order valence-corrected chi connectivity index (χ3v) is 5.02. The van der Waals surface area contributed by atoms with Gasteiger partial charge in [0.15, 0.2) is 11.5 Å². The Labute approximate surface area is 193 Å². The molecule has 0 aliphatic carbocycles. The van der Waals surface area contributed by atoms with Crippen LogP contribution in [0.1, 0.15) is 48.6 Å². The molecule has 3 rings (SSSR count). The lowest BCUT2D eigenvalue weighted by Crippen LogP contribution is -2.31. The Morgan fingerprint density at radius 2 is 1.62 bits per heavy atom. The topological polar surface area (TPSA) is 74.6 Å². The second kappa shape index (κ2) is 10.9. The van der Waals surface area contributed by atoms with Crippen LogP contribution in [0.2, 0.25) is 5.02 Å². The third kappa shape index (κ3) is 5.34. The SMILES string of the molecule is CCOc1cc(C(=O)N[C@H](c2ccc(Cl)cc2)c2nccn2C)cc(OCC)c1OCC. The number of carbonyl (C=O) groups is 1. The Morgan fingerprint density at radius 3 is 2.12 bits per heavy atom. The molecule has 32 heavy (non-hydrogen) atoms. The van der Waals surface area contributed by atoms with Crippen molar-refractivity contribution in [2.75, 3.05) is 19.8 Å². The van der Waals surface area contributed by atoms with E-state index < -0.39 is 6.04 Å². The van der Waals surface area contributed by atoms with E-state index in [1.165, 1.54) is 0 Å².